The van der Waals surface area contributed by atoms with Crippen LogP contribution in [0.5, 0.6) is 0 Å². The second-order valence-corrected chi connectivity index (χ2v) is 6.39. The molecule has 5 nitrogen and oxygen atoms in total. The molecular formula is C20H18N2O3. The molecule has 4 rings (SSSR count). The quantitative estimate of drug-likeness (QED) is 0.800. The van der Waals surface area contributed by atoms with Crippen LogP contribution in [0.2, 0.25) is 0 Å². The van der Waals surface area contributed by atoms with Gasteiger partial charge in [-0.15, -0.1) is 0 Å². The zero-order chi connectivity index (χ0) is 17.7. The number of hydrogen-bond acceptors (Lipinski definition) is 2. The van der Waals surface area contributed by atoms with Crippen LogP contribution >= 0.6 is 0 Å². The van der Waals surface area contributed by atoms with Crippen molar-refractivity contribution < 1.29 is 14.7 Å². The summed E-state index contributed by atoms with van der Waals surface area (Å²) in [7, 11) is 1.99. The van der Waals surface area contributed by atoms with Crippen LogP contribution in [-0.4, -0.2) is 33.0 Å². The molecule has 0 fully saturated rings. The summed E-state index contributed by atoms with van der Waals surface area (Å²) in [5.74, 6) is -1.24. The predicted octanol–water partition coefficient (Wildman–Crippen LogP) is 3.12. The van der Waals surface area contributed by atoms with E-state index >= 15 is 0 Å². The van der Waals surface area contributed by atoms with Crippen LogP contribution in [0.3, 0.4) is 0 Å². The van der Waals surface area contributed by atoms with Crippen LogP contribution in [0.25, 0.3) is 10.9 Å². The van der Waals surface area contributed by atoms with Crippen molar-refractivity contribution in [1.29, 1.82) is 0 Å². The van der Waals surface area contributed by atoms with E-state index in [0.29, 0.717) is 5.56 Å². The molecule has 3 aromatic rings. The van der Waals surface area contributed by atoms with Gasteiger partial charge in [-0.2, -0.15) is 0 Å². The van der Waals surface area contributed by atoms with Gasteiger partial charge in [0.25, 0.3) is 5.91 Å². The van der Waals surface area contributed by atoms with Gasteiger partial charge in [0.05, 0.1) is 6.04 Å². The third-order valence-corrected chi connectivity index (χ3v) is 5.09. The lowest BCUT2D eigenvalue weighted by atomic mass is 9.95. The topological polar surface area (TPSA) is 62.5 Å². The Kier molecular flexibility index (Phi) is 3.39. The zero-order valence-electron chi connectivity index (χ0n) is 14.1. The Bertz CT molecular complexity index is 1020. The van der Waals surface area contributed by atoms with Gasteiger partial charge >= 0.3 is 5.97 Å². The first-order valence-electron chi connectivity index (χ1n) is 8.16. The van der Waals surface area contributed by atoms with Gasteiger partial charge in [0.1, 0.15) is 6.54 Å². The highest BCUT2D eigenvalue weighted by molar-refractivity contribution is 6.02. The molecule has 5 heteroatoms. The minimum Gasteiger partial charge on any atom is -0.480 e. The summed E-state index contributed by atoms with van der Waals surface area (Å²) >= 11 is 0. The van der Waals surface area contributed by atoms with Gasteiger partial charge in [-0.25, -0.2) is 0 Å². The van der Waals surface area contributed by atoms with Gasteiger partial charge in [-0.05, 0) is 24.6 Å². The van der Waals surface area contributed by atoms with Crippen LogP contribution in [0.1, 0.15) is 33.2 Å². The van der Waals surface area contributed by atoms with Crippen molar-refractivity contribution in [3.8, 4) is 0 Å². The van der Waals surface area contributed by atoms with Crippen LogP contribution in [0.4, 0.5) is 0 Å². The minimum atomic E-state index is -1.01. The number of carboxylic acid groups (broad SMARTS) is 1. The number of carbonyl (C=O) groups is 2. The lowest BCUT2D eigenvalue weighted by Gasteiger charge is -2.24. The first-order valence-corrected chi connectivity index (χ1v) is 8.16. The maximum atomic E-state index is 12.8. The van der Waals surface area contributed by atoms with Crippen molar-refractivity contribution in [1.82, 2.24) is 9.47 Å². The molecule has 0 radical (unpaired) electrons. The van der Waals surface area contributed by atoms with E-state index in [-0.39, 0.29) is 18.5 Å². The highest BCUT2D eigenvalue weighted by Gasteiger charge is 2.40. The van der Waals surface area contributed by atoms with Crippen molar-refractivity contribution in [2.24, 2.45) is 7.05 Å². The number of aromatic nitrogens is 1. The van der Waals surface area contributed by atoms with E-state index < -0.39 is 5.97 Å². The highest BCUT2D eigenvalue weighted by Crippen LogP contribution is 2.43. The van der Waals surface area contributed by atoms with E-state index in [2.05, 4.69) is 4.57 Å². The largest absolute Gasteiger partial charge is 0.480 e. The summed E-state index contributed by atoms with van der Waals surface area (Å²) in [6, 6.07) is 15.0. The molecule has 1 aliphatic heterocycles. The summed E-state index contributed by atoms with van der Waals surface area (Å²) in [6.45, 7) is 1.69. The van der Waals surface area contributed by atoms with Crippen molar-refractivity contribution in [3.05, 3.63) is 70.9 Å². The minimum absolute atomic E-state index is 0.227. The number of fused-ring (bicyclic) bond motifs is 2. The third-order valence-electron chi connectivity index (χ3n) is 5.09. The molecule has 0 saturated carbocycles. The Morgan fingerprint density at radius 1 is 1.12 bits per heavy atom. The number of carboxylic acids is 1. The number of carbonyl (C=O) groups excluding carboxylic acids is 1. The molecule has 0 spiro atoms. The Hall–Kier alpha value is -3.08. The van der Waals surface area contributed by atoms with E-state index in [0.717, 1.165) is 27.7 Å². The SMILES string of the molecule is Cc1c(C2c3ccccc3C(=O)N2CC(=O)O)c2ccccc2n1C. The Balaban J connectivity index is 2.01. The molecule has 2 aromatic carbocycles. The van der Waals surface area contributed by atoms with Gasteiger partial charge < -0.3 is 14.6 Å². The Morgan fingerprint density at radius 2 is 1.80 bits per heavy atom. The predicted molar refractivity (Wildman–Crippen MR) is 94.6 cm³/mol. The molecular weight excluding hydrogens is 316 g/mol. The van der Waals surface area contributed by atoms with Crippen molar-refractivity contribution in [2.45, 2.75) is 13.0 Å². The molecule has 1 N–H and O–H groups in total. The molecule has 1 aliphatic rings. The smallest absolute Gasteiger partial charge is 0.323 e. The molecule has 25 heavy (non-hydrogen) atoms. The fourth-order valence-electron chi connectivity index (χ4n) is 3.89. The van der Waals surface area contributed by atoms with Crippen molar-refractivity contribution in [2.75, 3.05) is 6.54 Å². The summed E-state index contributed by atoms with van der Waals surface area (Å²) in [4.78, 5) is 25.7. The van der Waals surface area contributed by atoms with Gasteiger partial charge in [-0.1, -0.05) is 36.4 Å². The van der Waals surface area contributed by atoms with Crippen LogP contribution in [-0.2, 0) is 11.8 Å². The standard InChI is InChI=1S/C20H18N2O3/c1-12-18(15-9-5-6-10-16(15)21(12)2)19-13-7-3-4-8-14(13)20(25)22(19)11-17(23)24/h3-10,19H,11H2,1-2H3,(H,23,24). The first kappa shape index (κ1) is 15.4. The lowest BCUT2D eigenvalue weighted by Crippen LogP contribution is -2.34. The van der Waals surface area contributed by atoms with E-state index in [4.69, 9.17) is 0 Å². The highest BCUT2D eigenvalue weighted by atomic mass is 16.4. The average Bonchev–Trinajstić information content (AvgIpc) is 3.01. The number of nitrogens with zero attached hydrogens (tertiary/aromatic N) is 2. The number of aryl methyl sites for hydroxylation is 1. The average molecular weight is 334 g/mol. The van der Waals surface area contributed by atoms with Gasteiger partial charge in [0.2, 0.25) is 0 Å². The number of aliphatic carboxylic acids is 1. The molecule has 0 aliphatic carbocycles. The lowest BCUT2D eigenvalue weighted by molar-refractivity contribution is -0.138. The monoisotopic (exact) mass is 334 g/mol. The van der Waals surface area contributed by atoms with Crippen LogP contribution in [0.15, 0.2) is 48.5 Å². The van der Waals surface area contributed by atoms with Crippen LogP contribution < -0.4 is 0 Å². The molecule has 1 amide bonds. The third kappa shape index (κ3) is 2.16. The van der Waals surface area contributed by atoms with E-state index in [1.54, 1.807) is 6.07 Å². The van der Waals surface area contributed by atoms with Crippen molar-refractivity contribution >= 4 is 22.8 Å². The number of benzene rings is 2. The fraction of sp³-hybridized carbons (Fsp3) is 0.200. The summed E-state index contributed by atoms with van der Waals surface area (Å²) in [5, 5.41) is 10.4. The summed E-state index contributed by atoms with van der Waals surface area (Å²) < 4.78 is 2.09. The number of para-hydroxylation sites is 1. The molecule has 126 valence electrons. The van der Waals surface area contributed by atoms with Gasteiger partial charge in [-0.3, -0.25) is 9.59 Å². The van der Waals surface area contributed by atoms with E-state index in [1.807, 2.05) is 56.4 Å². The second kappa shape index (κ2) is 5.48. The molecule has 1 unspecified atom stereocenters. The zero-order valence-corrected chi connectivity index (χ0v) is 14.1. The summed E-state index contributed by atoms with van der Waals surface area (Å²) in [6.07, 6.45) is 0. The number of rotatable bonds is 3. The van der Waals surface area contributed by atoms with Crippen molar-refractivity contribution in [3.63, 3.8) is 0 Å². The van der Waals surface area contributed by atoms with E-state index in [9.17, 15) is 14.7 Å². The summed E-state index contributed by atoms with van der Waals surface area (Å²) in [5.41, 5.74) is 4.56. The molecule has 0 bridgehead atoms. The number of hydrogen-bond donors (Lipinski definition) is 1. The fourth-order valence-corrected chi connectivity index (χ4v) is 3.89. The molecule has 0 saturated heterocycles. The molecule has 2 heterocycles. The maximum absolute atomic E-state index is 12.8. The maximum Gasteiger partial charge on any atom is 0.323 e. The second-order valence-electron chi connectivity index (χ2n) is 6.39. The van der Waals surface area contributed by atoms with Crippen LogP contribution in [0, 0.1) is 6.92 Å². The van der Waals surface area contributed by atoms with Gasteiger partial charge in [0.15, 0.2) is 0 Å². The Labute approximate surface area is 145 Å². The normalized spacial score (nSPS) is 16.5. The number of amides is 1. The Morgan fingerprint density at radius 3 is 2.56 bits per heavy atom. The molecule has 1 atom stereocenters. The molecule has 1 aromatic heterocycles. The van der Waals surface area contributed by atoms with Gasteiger partial charge in [0, 0.05) is 34.8 Å². The van der Waals surface area contributed by atoms with E-state index in [1.165, 1.54) is 4.90 Å². The first-order chi connectivity index (χ1) is 12.0.